The van der Waals surface area contributed by atoms with Crippen LogP contribution in [0.5, 0.6) is 0 Å². The number of aromatic nitrogens is 1. The van der Waals surface area contributed by atoms with Crippen molar-refractivity contribution in [3.63, 3.8) is 0 Å². The van der Waals surface area contributed by atoms with Crippen molar-refractivity contribution < 1.29 is 30.5 Å². The van der Waals surface area contributed by atoms with E-state index in [-0.39, 0.29) is 41.2 Å². The van der Waals surface area contributed by atoms with Crippen LogP contribution in [-0.4, -0.2) is 37.0 Å². The molecule has 7 nitrogen and oxygen atoms in total. The van der Waals surface area contributed by atoms with Crippen molar-refractivity contribution in [3.8, 4) is 11.5 Å². The first kappa shape index (κ1) is 18.0. The van der Waals surface area contributed by atoms with E-state index >= 15 is 0 Å². The Morgan fingerprint density at radius 2 is 1.92 bits per heavy atom. The summed E-state index contributed by atoms with van der Waals surface area (Å²) in [7, 11) is -3.82. The van der Waals surface area contributed by atoms with Crippen LogP contribution in [0.3, 0.4) is 0 Å². The van der Waals surface area contributed by atoms with Gasteiger partial charge in [-0.15, -0.1) is 0 Å². The van der Waals surface area contributed by atoms with Gasteiger partial charge in [0.1, 0.15) is 16.3 Å². The molecule has 0 aromatic carbocycles. The monoisotopic (exact) mass is 379 g/mol. The molecule has 11 heteroatoms. The number of rotatable bonds is 3. The van der Waals surface area contributed by atoms with Crippen molar-refractivity contribution in [1.29, 1.82) is 0 Å². The molecule has 0 saturated carbocycles. The van der Waals surface area contributed by atoms with E-state index in [0.29, 0.717) is 18.9 Å². The number of hydrogen-bond acceptors (Lipinski definition) is 6. The molecule has 1 aliphatic rings. The van der Waals surface area contributed by atoms with Gasteiger partial charge in [0.05, 0.1) is 0 Å². The zero-order chi connectivity index (χ0) is 18.4. The highest BCUT2D eigenvalue weighted by Crippen LogP contribution is 2.35. The molecule has 0 spiro atoms. The molecular weight excluding hydrogens is 363 g/mol. The molecule has 2 aromatic heterocycles. The molecule has 138 valence electrons. The normalized spacial score (nSPS) is 18.0. The van der Waals surface area contributed by atoms with Crippen LogP contribution in [0.1, 0.15) is 24.4 Å². The standard InChI is InChI=1S/C14H16F3N3O4S/c1-8-12(25(21,22)20-4-2-9(18)3-5-20)7-11(23-8)10-6-13(24-19-10)14(15,16)17/h6-7,9H,2-5,18H2,1H3. The Bertz CT molecular complexity index is 864. The third kappa shape index (κ3) is 3.44. The number of halogens is 3. The van der Waals surface area contributed by atoms with Crippen molar-refractivity contribution in [2.75, 3.05) is 13.1 Å². The minimum absolute atomic E-state index is 0.0385. The smallest absolute Gasteiger partial charge is 0.452 e. The molecule has 0 atom stereocenters. The van der Waals surface area contributed by atoms with Gasteiger partial charge in [-0.05, 0) is 19.8 Å². The SMILES string of the molecule is Cc1oc(-c2cc(C(F)(F)F)on2)cc1S(=O)(=O)N1CCC(N)CC1. The summed E-state index contributed by atoms with van der Waals surface area (Å²) in [6.07, 6.45) is -3.60. The first-order valence-electron chi connectivity index (χ1n) is 7.49. The van der Waals surface area contributed by atoms with Gasteiger partial charge in [0, 0.05) is 31.3 Å². The minimum Gasteiger partial charge on any atom is -0.458 e. The topological polar surface area (TPSA) is 103 Å². The molecule has 0 radical (unpaired) electrons. The first-order valence-corrected chi connectivity index (χ1v) is 8.93. The molecule has 0 unspecified atom stereocenters. The summed E-state index contributed by atoms with van der Waals surface area (Å²) < 4.78 is 74.1. The third-order valence-corrected chi connectivity index (χ3v) is 6.04. The number of furan rings is 1. The maximum absolute atomic E-state index is 12.7. The Hall–Kier alpha value is -1.85. The van der Waals surface area contributed by atoms with Crippen LogP contribution >= 0.6 is 0 Å². The van der Waals surface area contributed by atoms with E-state index in [4.69, 9.17) is 10.2 Å². The molecule has 2 aromatic rings. The highest BCUT2D eigenvalue weighted by atomic mass is 32.2. The summed E-state index contributed by atoms with van der Waals surface area (Å²) in [6, 6.07) is 1.79. The molecule has 0 aliphatic carbocycles. The maximum atomic E-state index is 12.7. The van der Waals surface area contributed by atoms with Crippen LogP contribution in [0.25, 0.3) is 11.5 Å². The van der Waals surface area contributed by atoms with Gasteiger partial charge < -0.3 is 14.7 Å². The average molecular weight is 379 g/mol. The summed E-state index contributed by atoms with van der Waals surface area (Å²) in [5, 5.41) is 3.30. The molecule has 1 aliphatic heterocycles. The van der Waals surface area contributed by atoms with Crippen molar-refractivity contribution in [2.45, 2.75) is 36.9 Å². The van der Waals surface area contributed by atoms with Crippen LogP contribution in [-0.2, 0) is 16.2 Å². The van der Waals surface area contributed by atoms with E-state index in [9.17, 15) is 21.6 Å². The van der Waals surface area contributed by atoms with Crippen molar-refractivity contribution >= 4 is 10.0 Å². The van der Waals surface area contributed by atoms with E-state index in [2.05, 4.69) is 9.68 Å². The van der Waals surface area contributed by atoms with Gasteiger partial charge in [-0.3, -0.25) is 0 Å². The van der Waals surface area contributed by atoms with Crippen LogP contribution in [0.2, 0.25) is 0 Å². The number of hydrogen-bond donors (Lipinski definition) is 1. The minimum atomic E-state index is -4.69. The molecular formula is C14H16F3N3O4S. The van der Waals surface area contributed by atoms with Gasteiger partial charge in [0.2, 0.25) is 15.8 Å². The summed E-state index contributed by atoms with van der Waals surface area (Å²) in [5.74, 6) is -1.32. The second-order valence-electron chi connectivity index (χ2n) is 5.85. The molecule has 3 rings (SSSR count). The van der Waals surface area contributed by atoms with Crippen molar-refractivity contribution in [2.24, 2.45) is 5.73 Å². The Morgan fingerprint density at radius 3 is 2.48 bits per heavy atom. The van der Waals surface area contributed by atoms with Crippen LogP contribution in [0.4, 0.5) is 13.2 Å². The van der Waals surface area contributed by atoms with Crippen LogP contribution < -0.4 is 5.73 Å². The van der Waals surface area contributed by atoms with Crippen LogP contribution in [0.15, 0.2) is 26.0 Å². The van der Waals surface area contributed by atoms with Crippen molar-refractivity contribution in [1.82, 2.24) is 9.46 Å². The number of nitrogens with zero attached hydrogens (tertiary/aromatic N) is 2. The van der Waals surface area contributed by atoms with E-state index in [1.54, 1.807) is 0 Å². The molecule has 1 saturated heterocycles. The van der Waals surface area contributed by atoms with Gasteiger partial charge in [-0.2, -0.15) is 17.5 Å². The summed E-state index contributed by atoms with van der Waals surface area (Å²) in [5.41, 5.74) is 5.55. The lowest BCUT2D eigenvalue weighted by Crippen LogP contribution is -2.42. The molecule has 3 heterocycles. The second kappa shape index (κ2) is 6.15. The lowest BCUT2D eigenvalue weighted by atomic mass is 10.1. The van der Waals surface area contributed by atoms with E-state index in [0.717, 1.165) is 6.07 Å². The zero-order valence-corrected chi connectivity index (χ0v) is 14.0. The van der Waals surface area contributed by atoms with Gasteiger partial charge in [0.25, 0.3) is 0 Å². The second-order valence-corrected chi connectivity index (χ2v) is 7.75. The lowest BCUT2D eigenvalue weighted by Gasteiger charge is -2.28. The Kier molecular flexibility index (Phi) is 4.41. The summed E-state index contributed by atoms with van der Waals surface area (Å²) in [6.45, 7) is 1.99. The maximum Gasteiger partial charge on any atom is 0.452 e. The summed E-state index contributed by atoms with van der Waals surface area (Å²) >= 11 is 0. The first-order chi connectivity index (χ1) is 11.6. The van der Waals surface area contributed by atoms with Gasteiger partial charge in [0.15, 0.2) is 5.76 Å². The van der Waals surface area contributed by atoms with Crippen LogP contribution in [0, 0.1) is 6.92 Å². The molecule has 1 fully saturated rings. The highest BCUT2D eigenvalue weighted by molar-refractivity contribution is 7.89. The molecule has 2 N–H and O–H groups in total. The molecule has 25 heavy (non-hydrogen) atoms. The van der Waals surface area contributed by atoms with Gasteiger partial charge >= 0.3 is 6.18 Å². The predicted octanol–water partition coefficient (Wildman–Crippen LogP) is 2.37. The molecule has 0 bridgehead atoms. The number of alkyl halides is 3. The number of nitrogens with two attached hydrogens (primary N) is 1. The van der Waals surface area contributed by atoms with Gasteiger partial charge in [-0.1, -0.05) is 5.16 Å². The third-order valence-electron chi connectivity index (χ3n) is 4.03. The Balaban J connectivity index is 1.91. The number of piperidine rings is 1. The van der Waals surface area contributed by atoms with Crippen molar-refractivity contribution in [3.05, 3.63) is 23.7 Å². The number of aryl methyl sites for hydroxylation is 1. The highest BCUT2D eigenvalue weighted by Gasteiger charge is 2.37. The largest absolute Gasteiger partial charge is 0.458 e. The number of sulfonamides is 1. The fourth-order valence-corrected chi connectivity index (χ4v) is 4.26. The fraction of sp³-hybridized carbons (Fsp3) is 0.500. The van der Waals surface area contributed by atoms with E-state index in [1.165, 1.54) is 11.2 Å². The fourth-order valence-electron chi connectivity index (χ4n) is 2.63. The quantitative estimate of drug-likeness (QED) is 0.878. The lowest BCUT2D eigenvalue weighted by molar-refractivity contribution is -0.155. The van der Waals surface area contributed by atoms with Gasteiger partial charge in [-0.25, -0.2) is 8.42 Å². The zero-order valence-electron chi connectivity index (χ0n) is 13.2. The Morgan fingerprint density at radius 1 is 1.28 bits per heavy atom. The Labute approximate surface area is 141 Å². The van der Waals surface area contributed by atoms with E-state index in [1.807, 2.05) is 0 Å². The molecule has 0 amide bonds. The summed E-state index contributed by atoms with van der Waals surface area (Å²) in [4.78, 5) is -0.102. The van der Waals surface area contributed by atoms with E-state index < -0.39 is 22.0 Å². The predicted molar refractivity (Wildman–Crippen MR) is 79.9 cm³/mol. The average Bonchev–Trinajstić information content (AvgIpc) is 3.13.